The maximum absolute atomic E-state index is 13.2. The van der Waals surface area contributed by atoms with Crippen LogP contribution in [-0.4, -0.2) is 26.6 Å². The van der Waals surface area contributed by atoms with Crippen molar-refractivity contribution in [1.82, 2.24) is 0 Å². The number of aryl methyl sites for hydroxylation is 2. The minimum absolute atomic E-state index is 0.321. The second kappa shape index (κ2) is 9.43. The van der Waals surface area contributed by atoms with E-state index in [0.29, 0.717) is 17.1 Å². The Morgan fingerprint density at radius 2 is 1.64 bits per heavy atom. The Hall–Kier alpha value is -2.05. The van der Waals surface area contributed by atoms with E-state index in [-0.39, 0.29) is 5.91 Å². The molecule has 0 aliphatic carbocycles. The summed E-state index contributed by atoms with van der Waals surface area (Å²) >= 11 is 6.05. The Morgan fingerprint density at radius 3 is 2.11 bits per heavy atom. The summed E-state index contributed by atoms with van der Waals surface area (Å²) in [6.45, 7) is 5.84. The molecule has 2 rings (SSSR count). The number of carbonyl (C=O) groups excluding carboxylic acids is 1. The van der Waals surface area contributed by atoms with Crippen molar-refractivity contribution in [2.24, 2.45) is 0 Å². The summed E-state index contributed by atoms with van der Waals surface area (Å²) in [6.07, 6.45) is 2.96. The van der Waals surface area contributed by atoms with E-state index in [2.05, 4.69) is 5.32 Å². The van der Waals surface area contributed by atoms with E-state index in [4.69, 9.17) is 11.6 Å². The van der Waals surface area contributed by atoms with Gasteiger partial charge in [0.2, 0.25) is 15.9 Å². The van der Waals surface area contributed by atoms with Crippen molar-refractivity contribution >= 4 is 38.9 Å². The van der Waals surface area contributed by atoms with E-state index < -0.39 is 16.1 Å². The van der Waals surface area contributed by atoms with Gasteiger partial charge in [-0.1, -0.05) is 56.6 Å². The standard InChI is InChI=1S/C21H27ClN2O3S/c1-5-15-10-8-11-16(6-2)20(15)23-21(25)19(7-3)24(28(4,26)27)18-13-9-12-17(22)14-18/h8-14,19H,5-7H2,1-4H3,(H,23,25)/t19-/m0/s1. The maximum Gasteiger partial charge on any atom is 0.248 e. The summed E-state index contributed by atoms with van der Waals surface area (Å²) in [7, 11) is -3.70. The van der Waals surface area contributed by atoms with Gasteiger partial charge in [0, 0.05) is 10.7 Å². The van der Waals surface area contributed by atoms with Crippen molar-refractivity contribution < 1.29 is 13.2 Å². The smallest absolute Gasteiger partial charge is 0.248 e. The van der Waals surface area contributed by atoms with Gasteiger partial charge in [-0.3, -0.25) is 9.10 Å². The lowest BCUT2D eigenvalue weighted by molar-refractivity contribution is -0.117. The Bertz CT molecular complexity index is 922. The van der Waals surface area contributed by atoms with E-state index in [1.165, 1.54) is 0 Å². The summed E-state index contributed by atoms with van der Waals surface area (Å²) in [5, 5.41) is 3.40. The highest BCUT2D eigenvalue weighted by Gasteiger charge is 2.32. The lowest BCUT2D eigenvalue weighted by Gasteiger charge is -2.30. The van der Waals surface area contributed by atoms with Gasteiger partial charge in [-0.05, 0) is 48.6 Å². The number of carbonyl (C=O) groups is 1. The second-order valence-electron chi connectivity index (χ2n) is 6.61. The van der Waals surface area contributed by atoms with Crippen LogP contribution in [0.2, 0.25) is 5.02 Å². The summed E-state index contributed by atoms with van der Waals surface area (Å²) in [4.78, 5) is 13.2. The van der Waals surface area contributed by atoms with Gasteiger partial charge < -0.3 is 5.32 Å². The fraction of sp³-hybridized carbons (Fsp3) is 0.381. The molecule has 0 aliphatic heterocycles. The van der Waals surface area contributed by atoms with Crippen molar-refractivity contribution in [3.05, 3.63) is 58.6 Å². The highest BCUT2D eigenvalue weighted by Crippen LogP contribution is 2.28. The lowest BCUT2D eigenvalue weighted by Crippen LogP contribution is -2.47. The zero-order chi connectivity index (χ0) is 20.9. The Kier molecular flexibility index (Phi) is 7.49. The first kappa shape index (κ1) is 22.2. The molecule has 5 nitrogen and oxygen atoms in total. The van der Waals surface area contributed by atoms with Crippen molar-refractivity contribution in [3.63, 3.8) is 0 Å². The molecule has 152 valence electrons. The molecule has 0 heterocycles. The number of nitrogens with one attached hydrogen (secondary N) is 1. The number of hydrogen-bond acceptors (Lipinski definition) is 3. The summed E-state index contributed by atoms with van der Waals surface area (Å²) in [6, 6.07) is 11.6. The molecule has 0 unspecified atom stereocenters. The van der Waals surface area contributed by atoms with Crippen LogP contribution >= 0.6 is 11.6 Å². The molecule has 0 bridgehead atoms. The van der Waals surface area contributed by atoms with Crippen LogP contribution in [-0.2, 0) is 27.7 Å². The van der Waals surface area contributed by atoms with Crippen LogP contribution in [0.3, 0.4) is 0 Å². The van der Waals surface area contributed by atoms with Crippen molar-refractivity contribution in [2.45, 2.75) is 46.1 Å². The van der Waals surface area contributed by atoms with Crippen LogP contribution in [0.15, 0.2) is 42.5 Å². The number of rotatable bonds is 8. The highest BCUT2D eigenvalue weighted by atomic mass is 35.5. The molecule has 2 aromatic carbocycles. The topological polar surface area (TPSA) is 66.5 Å². The van der Waals surface area contributed by atoms with Crippen LogP contribution in [0.4, 0.5) is 11.4 Å². The van der Waals surface area contributed by atoms with E-state index in [0.717, 1.165) is 40.2 Å². The average Bonchev–Trinajstić information content (AvgIpc) is 2.64. The first-order valence-corrected chi connectivity index (χ1v) is 11.6. The largest absolute Gasteiger partial charge is 0.324 e. The Morgan fingerprint density at radius 1 is 1.07 bits per heavy atom. The van der Waals surface area contributed by atoms with E-state index >= 15 is 0 Å². The van der Waals surface area contributed by atoms with Crippen molar-refractivity contribution in [1.29, 1.82) is 0 Å². The molecule has 7 heteroatoms. The van der Waals surface area contributed by atoms with E-state index in [1.807, 2.05) is 32.0 Å². The molecule has 1 atom stereocenters. The van der Waals surface area contributed by atoms with E-state index in [9.17, 15) is 13.2 Å². The minimum atomic E-state index is -3.70. The number of benzene rings is 2. The van der Waals surface area contributed by atoms with Gasteiger partial charge in [-0.15, -0.1) is 0 Å². The molecule has 1 amide bonds. The van der Waals surface area contributed by atoms with Gasteiger partial charge in [0.1, 0.15) is 6.04 Å². The quantitative estimate of drug-likeness (QED) is 0.673. The summed E-state index contributed by atoms with van der Waals surface area (Å²) < 4.78 is 26.2. The van der Waals surface area contributed by atoms with Crippen LogP contribution in [0.1, 0.15) is 38.3 Å². The highest BCUT2D eigenvalue weighted by molar-refractivity contribution is 7.92. The first-order valence-electron chi connectivity index (χ1n) is 9.39. The number of anilines is 2. The van der Waals surface area contributed by atoms with Crippen molar-refractivity contribution in [3.8, 4) is 0 Å². The number of sulfonamides is 1. The Labute approximate surface area is 172 Å². The van der Waals surface area contributed by atoms with Gasteiger partial charge in [0.25, 0.3) is 0 Å². The van der Waals surface area contributed by atoms with Crippen LogP contribution in [0, 0.1) is 0 Å². The van der Waals surface area contributed by atoms with Gasteiger partial charge in [0.15, 0.2) is 0 Å². The van der Waals surface area contributed by atoms with Crippen LogP contribution < -0.4 is 9.62 Å². The molecule has 0 aromatic heterocycles. The van der Waals surface area contributed by atoms with Gasteiger partial charge in [-0.25, -0.2) is 8.42 Å². The number of nitrogens with zero attached hydrogens (tertiary/aromatic N) is 1. The molecule has 0 aliphatic rings. The molecule has 28 heavy (non-hydrogen) atoms. The van der Waals surface area contributed by atoms with Crippen LogP contribution in [0.25, 0.3) is 0 Å². The first-order chi connectivity index (χ1) is 13.2. The third kappa shape index (κ3) is 5.06. The molecule has 0 saturated carbocycles. The monoisotopic (exact) mass is 422 g/mol. The molecular formula is C21H27ClN2O3S. The predicted octanol–water partition coefficient (Wildman–Crippen LogP) is 4.65. The fourth-order valence-electron chi connectivity index (χ4n) is 3.28. The lowest BCUT2D eigenvalue weighted by atomic mass is 10.0. The third-order valence-electron chi connectivity index (χ3n) is 4.64. The van der Waals surface area contributed by atoms with Crippen molar-refractivity contribution in [2.75, 3.05) is 15.9 Å². The molecule has 0 spiro atoms. The number of halogens is 1. The summed E-state index contributed by atoms with van der Waals surface area (Å²) in [5.41, 5.74) is 3.19. The number of hydrogen-bond donors (Lipinski definition) is 1. The molecule has 0 radical (unpaired) electrons. The van der Waals surface area contributed by atoms with Gasteiger partial charge in [-0.2, -0.15) is 0 Å². The molecule has 2 aromatic rings. The summed E-state index contributed by atoms with van der Waals surface area (Å²) in [5.74, 6) is -0.358. The van der Waals surface area contributed by atoms with Gasteiger partial charge in [0.05, 0.1) is 11.9 Å². The molecule has 1 N–H and O–H groups in total. The Balaban J connectivity index is 2.46. The molecule has 0 saturated heterocycles. The van der Waals surface area contributed by atoms with Gasteiger partial charge >= 0.3 is 0 Å². The number of para-hydroxylation sites is 1. The normalized spacial score (nSPS) is 12.5. The second-order valence-corrected chi connectivity index (χ2v) is 8.91. The average molecular weight is 423 g/mol. The minimum Gasteiger partial charge on any atom is -0.324 e. The maximum atomic E-state index is 13.2. The third-order valence-corrected chi connectivity index (χ3v) is 6.05. The number of amides is 1. The van der Waals surface area contributed by atoms with E-state index in [1.54, 1.807) is 31.2 Å². The zero-order valence-electron chi connectivity index (χ0n) is 16.7. The molecular weight excluding hydrogens is 396 g/mol. The molecule has 0 fully saturated rings. The fourth-order valence-corrected chi connectivity index (χ4v) is 4.67. The van der Waals surface area contributed by atoms with Crippen LogP contribution in [0.5, 0.6) is 0 Å². The predicted molar refractivity (Wildman–Crippen MR) is 117 cm³/mol. The zero-order valence-corrected chi connectivity index (χ0v) is 18.3. The SMILES string of the molecule is CCc1cccc(CC)c1NC(=O)[C@H](CC)N(c1cccc(Cl)c1)S(C)(=O)=O.